The van der Waals surface area contributed by atoms with E-state index < -0.39 is 12.5 Å². The second-order valence-corrected chi connectivity index (χ2v) is 5.46. The molecule has 0 N–H and O–H groups in total. The molecule has 0 aromatic heterocycles. The van der Waals surface area contributed by atoms with Crippen molar-refractivity contribution in [3.05, 3.63) is 29.8 Å². The topological polar surface area (TPSA) is 9.23 Å². The molecule has 1 saturated carbocycles. The zero-order chi connectivity index (χ0) is 14.8. The molecule has 1 aliphatic rings. The lowest BCUT2D eigenvalue weighted by Crippen LogP contribution is -2.34. The van der Waals surface area contributed by atoms with Crippen LogP contribution in [-0.4, -0.2) is 12.5 Å². The summed E-state index contributed by atoms with van der Waals surface area (Å²) in [7, 11) is 0. The third-order valence-electron chi connectivity index (χ3n) is 3.87. The lowest BCUT2D eigenvalue weighted by atomic mass is 9.79. The van der Waals surface area contributed by atoms with Crippen LogP contribution in [0.3, 0.4) is 0 Å². The van der Waals surface area contributed by atoms with Crippen LogP contribution in [0.5, 0.6) is 5.75 Å². The average molecular weight is 290 g/mol. The first-order valence-corrected chi connectivity index (χ1v) is 6.84. The van der Waals surface area contributed by atoms with Crippen molar-refractivity contribution >= 4 is 0 Å². The Balaban J connectivity index is 2.18. The zero-order valence-electron chi connectivity index (χ0n) is 11.3. The van der Waals surface area contributed by atoms with Crippen molar-refractivity contribution in [1.29, 1.82) is 0 Å². The molecule has 1 aromatic carbocycles. The minimum absolute atomic E-state index is 0.107. The summed E-state index contributed by atoms with van der Waals surface area (Å²) >= 11 is 0. The van der Waals surface area contributed by atoms with E-state index in [0.717, 1.165) is 25.7 Å². The van der Waals surface area contributed by atoms with Crippen molar-refractivity contribution in [2.75, 3.05) is 0 Å². The van der Waals surface area contributed by atoms with Crippen molar-refractivity contribution < 1.29 is 22.3 Å². The monoisotopic (exact) mass is 290 g/mol. The molecule has 1 aliphatic carbocycles. The van der Waals surface area contributed by atoms with Gasteiger partial charge >= 0.3 is 12.5 Å². The van der Waals surface area contributed by atoms with Gasteiger partial charge in [-0.1, -0.05) is 38.0 Å². The minimum atomic E-state index is -4.45. The van der Waals surface area contributed by atoms with Gasteiger partial charge in [-0.2, -0.15) is 17.6 Å². The minimum Gasteiger partial charge on any atom is -0.428 e. The Morgan fingerprint density at radius 1 is 1.10 bits per heavy atom. The van der Waals surface area contributed by atoms with Crippen molar-refractivity contribution in [3.8, 4) is 5.75 Å². The smallest absolute Gasteiger partial charge is 0.428 e. The van der Waals surface area contributed by atoms with Gasteiger partial charge in [0.15, 0.2) is 0 Å². The van der Waals surface area contributed by atoms with Crippen LogP contribution in [0.25, 0.3) is 0 Å². The molecule has 0 aliphatic heterocycles. The van der Waals surface area contributed by atoms with Gasteiger partial charge in [-0.25, -0.2) is 0 Å². The highest BCUT2D eigenvalue weighted by molar-refractivity contribution is 5.36. The molecule has 1 fully saturated rings. The Hall–Kier alpha value is -1.26. The number of ether oxygens (including phenoxy) is 1. The van der Waals surface area contributed by atoms with E-state index in [9.17, 15) is 17.6 Å². The van der Waals surface area contributed by atoms with E-state index in [1.807, 2.05) is 0 Å². The van der Waals surface area contributed by atoms with Gasteiger partial charge in [0.25, 0.3) is 0 Å². The molecule has 0 atom stereocenters. The van der Waals surface area contributed by atoms with Gasteiger partial charge in [-0.05, 0) is 36.3 Å². The number of rotatable bonds is 4. The number of benzene rings is 1. The van der Waals surface area contributed by atoms with Gasteiger partial charge in [-0.3, -0.25) is 0 Å². The quantitative estimate of drug-likeness (QED) is 0.691. The first-order chi connectivity index (χ1) is 9.40. The van der Waals surface area contributed by atoms with E-state index in [1.165, 1.54) is 12.1 Å². The summed E-state index contributed by atoms with van der Waals surface area (Å²) in [6.07, 6.45) is -4.49. The Morgan fingerprint density at radius 3 is 2.30 bits per heavy atom. The zero-order valence-corrected chi connectivity index (χ0v) is 11.3. The van der Waals surface area contributed by atoms with Crippen LogP contribution in [-0.2, 0) is 0 Å². The summed E-state index contributed by atoms with van der Waals surface area (Å²) in [6, 6.07) is 6.27. The SMILES string of the molecule is CC1CCC(c2ccccc2OC(F)(F)C(F)F)CC1. The Morgan fingerprint density at radius 2 is 1.70 bits per heavy atom. The second-order valence-electron chi connectivity index (χ2n) is 5.46. The fraction of sp³-hybridized carbons (Fsp3) is 0.600. The maximum absolute atomic E-state index is 13.1. The standard InChI is InChI=1S/C15H18F4O/c1-10-6-8-11(9-7-10)12-4-2-3-5-13(12)20-15(18,19)14(16)17/h2-5,10-11,14H,6-9H2,1H3. The van der Waals surface area contributed by atoms with E-state index in [2.05, 4.69) is 11.7 Å². The molecular weight excluding hydrogens is 272 g/mol. The van der Waals surface area contributed by atoms with Crippen LogP contribution in [0.1, 0.15) is 44.1 Å². The number of hydrogen-bond donors (Lipinski definition) is 0. The molecule has 20 heavy (non-hydrogen) atoms. The van der Waals surface area contributed by atoms with Gasteiger partial charge in [0.2, 0.25) is 0 Å². The summed E-state index contributed by atoms with van der Waals surface area (Å²) in [5.41, 5.74) is 0.611. The fourth-order valence-electron chi connectivity index (χ4n) is 2.67. The predicted octanol–water partition coefficient (Wildman–Crippen LogP) is 5.22. The normalized spacial score (nSPS) is 23.9. The maximum atomic E-state index is 13.1. The van der Waals surface area contributed by atoms with Crippen molar-refractivity contribution in [3.63, 3.8) is 0 Å². The average Bonchev–Trinajstić information content (AvgIpc) is 2.40. The van der Waals surface area contributed by atoms with Crippen LogP contribution in [0.2, 0.25) is 0 Å². The van der Waals surface area contributed by atoms with Crippen LogP contribution in [0, 0.1) is 5.92 Å². The number of hydrogen-bond acceptors (Lipinski definition) is 1. The van der Waals surface area contributed by atoms with Crippen molar-refractivity contribution in [2.45, 2.75) is 51.1 Å². The summed E-state index contributed by atoms with van der Waals surface area (Å²) in [4.78, 5) is 0. The van der Waals surface area contributed by atoms with E-state index in [-0.39, 0.29) is 11.7 Å². The highest BCUT2D eigenvalue weighted by atomic mass is 19.3. The molecule has 1 nitrogen and oxygen atoms in total. The lowest BCUT2D eigenvalue weighted by molar-refractivity contribution is -0.253. The third-order valence-corrected chi connectivity index (χ3v) is 3.87. The Labute approximate surface area is 115 Å². The van der Waals surface area contributed by atoms with Crippen LogP contribution in [0.15, 0.2) is 24.3 Å². The molecule has 0 spiro atoms. The van der Waals surface area contributed by atoms with E-state index in [0.29, 0.717) is 11.5 Å². The fourth-order valence-corrected chi connectivity index (χ4v) is 2.67. The second kappa shape index (κ2) is 6.02. The lowest BCUT2D eigenvalue weighted by Gasteiger charge is -2.28. The van der Waals surface area contributed by atoms with Gasteiger partial charge in [-0.15, -0.1) is 0 Å². The van der Waals surface area contributed by atoms with Gasteiger partial charge in [0.1, 0.15) is 5.75 Å². The predicted molar refractivity (Wildman–Crippen MR) is 68.4 cm³/mol. The van der Waals surface area contributed by atoms with Crippen LogP contribution in [0.4, 0.5) is 17.6 Å². The largest absolute Gasteiger partial charge is 0.461 e. The highest BCUT2D eigenvalue weighted by Gasteiger charge is 2.44. The van der Waals surface area contributed by atoms with Crippen molar-refractivity contribution in [1.82, 2.24) is 0 Å². The molecule has 1 aromatic rings. The van der Waals surface area contributed by atoms with Crippen LogP contribution >= 0.6 is 0 Å². The maximum Gasteiger partial charge on any atom is 0.461 e. The molecule has 2 rings (SSSR count). The van der Waals surface area contributed by atoms with E-state index >= 15 is 0 Å². The molecule has 0 heterocycles. The number of para-hydroxylation sites is 1. The number of alkyl halides is 4. The highest BCUT2D eigenvalue weighted by Crippen LogP contribution is 2.41. The van der Waals surface area contributed by atoms with Crippen LogP contribution < -0.4 is 4.74 Å². The van der Waals surface area contributed by atoms with E-state index in [4.69, 9.17) is 0 Å². The summed E-state index contributed by atoms with van der Waals surface area (Å²) in [5, 5.41) is 0. The molecule has 112 valence electrons. The molecule has 5 heteroatoms. The third kappa shape index (κ3) is 3.44. The molecule has 0 saturated heterocycles. The molecule has 0 unspecified atom stereocenters. The first kappa shape index (κ1) is 15.1. The van der Waals surface area contributed by atoms with Gasteiger partial charge in [0, 0.05) is 0 Å². The summed E-state index contributed by atoms with van der Waals surface area (Å²) in [5.74, 6) is 0.607. The summed E-state index contributed by atoms with van der Waals surface area (Å²) in [6.45, 7) is 2.16. The Kier molecular flexibility index (Phi) is 4.55. The summed E-state index contributed by atoms with van der Waals surface area (Å²) < 4.78 is 54.9. The number of halogens is 4. The molecule has 0 amide bonds. The first-order valence-electron chi connectivity index (χ1n) is 6.84. The Bertz CT molecular complexity index is 439. The molecule has 0 radical (unpaired) electrons. The van der Waals surface area contributed by atoms with Gasteiger partial charge in [0.05, 0.1) is 0 Å². The van der Waals surface area contributed by atoms with Crippen molar-refractivity contribution in [2.24, 2.45) is 5.92 Å². The van der Waals surface area contributed by atoms with Gasteiger partial charge < -0.3 is 4.74 Å². The molecular formula is C15H18F4O. The molecule has 0 bridgehead atoms. The van der Waals surface area contributed by atoms with E-state index in [1.54, 1.807) is 12.1 Å².